The Kier molecular flexibility index (Phi) is 7.50. The second-order valence-electron chi connectivity index (χ2n) is 7.27. The maximum atomic E-state index is 12.4. The van der Waals surface area contributed by atoms with E-state index >= 15 is 0 Å². The van der Waals surface area contributed by atoms with Crippen molar-refractivity contribution in [2.75, 3.05) is 31.3 Å². The summed E-state index contributed by atoms with van der Waals surface area (Å²) in [5.41, 5.74) is 1.37. The molecule has 1 aromatic carbocycles. The molecule has 0 saturated carbocycles. The van der Waals surface area contributed by atoms with Gasteiger partial charge in [0, 0.05) is 36.5 Å². The van der Waals surface area contributed by atoms with Crippen LogP contribution in [0.15, 0.2) is 34.5 Å². The van der Waals surface area contributed by atoms with Gasteiger partial charge >= 0.3 is 6.09 Å². The fourth-order valence-electron chi connectivity index (χ4n) is 3.22. The number of piperidine rings is 1. The number of carbonyl (C=O) groups excluding carboxylic acids is 2. The minimum atomic E-state index is -3.24. The molecular weight excluding hydrogens is 440 g/mol. The molecule has 0 bridgehead atoms. The number of ether oxygens (including phenoxy) is 1. The number of rotatable bonds is 7. The van der Waals surface area contributed by atoms with Crippen molar-refractivity contribution in [2.45, 2.75) is 37.1 Å². The van der Waals surface area contributed by atoms with Crippen molar-refractivity contribution in [3.05, 3.63) is 35.3 Å². The summed E-state index contributed by atoms with van der Waals surface area (Å²) >= 11 is 1.37. The third-order valence-corrected chi connectivity index (χ3v) is 6.75. The number of nitrogens with one attached hydrogen (secondary N) is 2. The predicted molar refractivity (Wildman–Crippen MR) is 118 cm³/mol. The molecule has 0 atom stereocenters. The van der Waals surface area contributed by atoms with E-state index in [2.05, 4.69) is 15.6 Å². The molecular formula is C20H26N4O5S2. The molecule has 1 aliphatic heterocycles. The molecule has 2 aromatic rings. The van der Waals surface area contributed by atoms with E-state index in [1.165, 1.54) is 23.5 Å². The number of thiazole rings is 1. The van der Waals surface area contributed by atoms with E-state index in [0.717, 1.165) is 6.26 Å². The Hall–Kier alpha value is -2.66. The van der Waals surface area contributed by atoms with Crippen molar-refractivity contribution >= 4 is 44.0 Å². The number of amides is 2. The molecule has 0 spiro atoms. The van der Waals surface area contributed by atoms with E-state index in [1.54, 1.807) is 24.0 Å². The van der Waals surface area contributed by atoms with E-state index in [9.17, 15) is 18.0 Å². The smallest absolute Gasteiger partial charge is 0.409 e. The van der Waals surface area contributed by atoms with Crippen LogP contribution in [-0.4, -0.2) is 62.3 Å². The lowest BCUT2D eigenvalue weighted by atomic mass is 10.1. The topological polar surface area (TPSA) is 118 Å². The van der Waals surface area contributed by atoms with Crippen LogP contribution in [0.2, 0.25) is 0 Å². The predicted octanol–water partition coefficient (Wildman–Crippen LogP) is 2.57. The first kappa shape index (κ1) is 23.0. The highest BCUT2D eigenvalue weighted by Crippen LogP contribution is 2.22. The Balaban J connectivity index is 1.46. The van der Waals surface area contributed by atoms with E-state index in [1.807, 2.05) is 5.38 Å². The van der Waals surface area contributed by atoms with Gasteiger partial charge in [0.05, 0.1) is 23.6 Å². The van der Waals surface area contributed by atoms with Crippen LogP contribution in [-0.2, 0) is 25.8 Å². The fraction of sp³-hybridized carbons (Fsp3) is 0.450. The van der Waals surface area contributed by atoms with Gasteiger partial charge < -0.3 is 20.3 Å². The van der Waals surface area contributed by atoms with E-state index in [-0.39, 0.29) is 29.4 Å². The first-order valence-corrected chi connectivity index (χ1v) is 12.7. The quantitative estimate of drug-likeness (QED) is 0.644. The van der Waals surface area contributed by atoms with Crippen molar-refractivity contribution in [2.24, 2.45) is 0 Å². The molecule has 2 heterocycles. The lowest BCUT2D eigenvalue weighted by molar-refractivity contribution is -0.121. The first-order valence-electron chi connectivity index (χ1n) is 9.97. The molecule has 0 aliphatic carbocycles. The van der Waals surface area contributed by atoms with Crippen LogP contribution >= 0.6 is 11.3 Å². The summed E-state index contributed by atoms with van der Waals surface area (Å²) in [5, 5.41) is 8.56. The fourth-order valence-corrected chi connectivity index (χ4v) is 4.58. The average molecular weight is 467 g/mol. The molecule has 3 rings (SSSR count). The molecule has 168 valence electrons. The molecule has 2 amide bonds. The van der Waals surface area contributed by atoms with Gasteiger partial charge in [-0.25, -0.2) is 18.2 Å². The summed E-state index contributed by atoms with van der Waals surface area (Å²) in [6.07, 6.45) is 2.41. The van der Waals surface area contributed by atoms with Gasteiger partial charge in [-0.3, -0.25) is 4.79 Å². The summed E-state index contributed by atoms with van der Waals surface area (Å²) in [6, 6.07) is 6.45. The lowest BCUT2D eigenvalue weighted by Gasteiger charge is -2.31. The van der Waals surface area contributed by atoms with E-state index < -0.39 is 9.84 Å². The second-order valence-corrected chi connectivity index (χ2v) is 10.1. The highest BCUT2D eigenvalue weighted by Gasteiger charge is 2.24. The van der Waals surface area contributed by atoms with Crippen molar-refractivity contribution in [1.82, 2.24) is 15.2 Å². The SMILES string of the molecule is CCOC(=O)N1CCC(NC(=O)Cc2csc(Nc3ccc(S(C)(=O)=O)cc3)n2)CC1. The van der Waals surface area contributed by atoms with Crippen LogP contribution in [0.1, 0.15) is 25.5 Å². The molecule has 1 aliphatic rings. The van der Waals surface area contributed by atoms with Gasteiger partial charge in [-0.15, -0.1) is 11.3 Å². The van der Waals surface area contributed by atoms with Gasteiger partial charge in [0.1, 0.15) is 0 Å². The maximum absolute atomic E-state index is 12.4. The summed E-state index contributed by atoms with van der Waals surface area (Å²) in [4.78, 5) is 30.4. The average Bonchev–Trinajstić information content (AvgIpc) is 3.15. The van der Waals surface area contributed by atoms with Crippen LogP contribution in [0, 0.1) is 0 Å². The van der Waals surface area contributed by atoms with Gasteiger partial charge in [-0.1, -0.05) is 0 Å². The minimum Gasteiger partial charge on any atom is -0.450 e. The maximum Gasteiger partial charge on any atom is 0.409 e. The molecule has 9 nitrogen and oxygen atoms in total. The molecule has 0 unspecified atom stereocenters. The largest absolute Gasteiger partial charge is 0.450 e. The Morgan fingerprint density at radius 2 is 1.90 bits per heavy atom. The lowest BCUT2D eigenvalue weighted by Crippen LogP contribution is -2.47. The highest BCUT2D eigenvalue weighted by molar-refractivity contribution is 7.90. The molecule has 11 heteroatoms. The Bertz CT molecular complexity index is 1010. The van der Waals surface area contributed by atoms with Gasteiger partial charge in [-0.2, -0.15) is 0 Å². The summed E-state index contributed by atoms with van der Waals surface area (Å²) in [5.74, 6) is -0.107. The number of aromatic nitrogens is 1. The highest BCUT2D eigenvalue weighted by atomic mass is 32.2. The minimum absolute atomic E-state index is 0.0303. The van der Waals surface area contributed by atoms with E-state index in [4.69, 9.17) is 4.74 Å². The third-order valence-electron chi connectivity index (χ3n) is 4.81. The summed E-state index contributed by atoms with van der Waals surface area (Å²) < 4.78 is 28.1. The molecule has 1 aromatic heterocycles. The monoisotopic (exact) mass is 466 g/mol. The number of hydrogen-bond acceptors (Lipinski definition) is 8. The second kappa shape index (κ2) is 10.1. The molecule has 1 saturated heterocycles. The Labute approximate surface area is 185 Å². The number of likely N-dealkylation sites (tertiary alicyclic amines) is 1. The van der Waals surface area contributed by atoms with Crippen LogP contribution < -0.4 is 10.6 Å². The van der Waals surface area contributed by atoms with Crippen LogP contribution in [0.3, 0.4) is 0 Å². The van der Waals surface area contributed by atoms with Gasteiger partial charge in [0.2, 0.25) is 5.91 Å². The normalized spacial score (nSPS) is 14.8. The summed E-state index contributed by atoms with van der Waals surface area (Å²) in [7, 11) is -3.24. The van der Waals surface area contributed by atoms with Crippen molar-refractivity contribution < 1.29 is 22.7 Å². The van der Waals surface area contributed by atoms with Crippen molar-refractivity contribution in [1.29, 1.82) is 0 Å². The van der Waals surface area contributed by atoms with E-state index in [0.29, 0.717) is 49.1 Å². The third kappa shape index (κ3) is 6.66. The van der Waals surface area contributed by atoms with Crippen LogP contribution in [0.25, 0.3) is 0 Å². The first-order chi connectivity index (χ1) is 14.7. The summed E-state index contributed by atoms with van der Waals surface area (Å²) in [6.45, 7) is 3.25. The zero-order valence-corrected chi connectivity index (χ0v) is 19.1. The Morgan fingerprint density at radius 1 is 1.23 bits per heavy atom. The number of carbonyl (C=O) groups is 2. The standard InChI is InChI=1S/C20H26N4O5S2/c1-3-29-20(26)24-10-8-15(9-11-24)21-18(25)12-16-13-30-19(23-16)22-14-4-6-17(7-5-14)31(2,27)28/h4-7,13,15H,3,8-12H2,1-2H3,(H,21,25)(H,22,23). The zero-order chi connectivity index (χ0) is 22.4. The van der Waals surface area contributed by atoms with Crippen LogP contribution in [0.4, 0.5) is 15.6 Å². The Morgan fingerprint density at radius 3 is 2.52 bits per heavy atom. The number of hydrogen-bond donors (Lipinski definition) is 2. The molecule has 1 fully saturated rings. The zero-order valence-electron chi connectivity index (χ0n) is 17.5. The van der Waals surface area contributed by atoms with Gasteiger partial charge in [-0.05, 0) is 44.0 Å². The number of sulfone groups is 1. The molecule has 2 N–H and O–H groups in total. The van der Waals surface area contributed by atoms with Gasteiger partial charge in [0.25, 0.3) is 0 Å². The van der Waals surface area contributed by atoms with Gasteiger partial charge in [0.15, 0.2) is 15.0 Å². The molecule has 0 radical (unpaired) electrons. The number of benzene rings is 1. The number of anilines is 2. The van der Waals surface area contributed by atoms with Crippen molar-refractivity contribution in [3.8, 4) is 0 Å². The number of nitrogens with zero attached hydrogens (tertiary/aromatic N) is 2. The molecule has 31 heavy (non-hydrogen) atoms. The van der Waals surface area contributed by atoms with Crippen molar-refractivity contribution in [3.63, 3.8) is 0 Å². The van der Waals surface area contributed by atoms with Crippen LogP contribution in [0.5, 0.6) is 0 Å².